The Kier molecular flexibility index (Phi) is 2.98. The average Bonchev–Trinajstić information content (AvgIpc) is 2.47. The van der Waals surface area contributed by atoms with E-state index in [2.05, 4.69) is 4.42 Å². The molecule has 1 heterocycles. The first-order chi connectivity index (χ1) is 6.04. The molecule has 0 atom stereocenters. The zero-order chi connectivity index (χ0) is 9.90. The van der Waals surface area contributed by atoms with Gasteiger partial charge in [0.25, 0.3) is 0 Å². The third-order valence-electron chi connectivity index (χ3n) is 1.57. The van der Waals surface area contributed by atoms with Crippen molar-refractivity contribution in [2.75, 3.05) is 6.54 Å². The Hall–Kier alpha value is -0.970. The Morgan fingerprint density at radius 3 is 2.46 bits per heavy atom. The maximum Gasteiger partial charge on any atom is 0.449 e. The number of furan rings is 1. The molecule has 1 rings (SSSR count). The number of rotatable bonds is 3. The molecule has 0 aliphatic carbocycles. The van der Waals surface area contributed by atoms with Crippen LogP contribution in [0.5, 0.6) is 0 Å². The molecule has 2 nitrogen and oxygen atoms in total. The summed E-state index contributed by atoms with van der Waals surface area (Å²) in [4.78, 5) is 0. The van der Waals surface area contributed by atoms with Gasteiger partial charge in [-0.15, -0.1) is 0 Å². The summed E-state index contributed by atoms with van der Waals surface area (Å²) in [5.41, 5.74) is 5.21. The van der Waals surface area contributed by atoms with E-state index in [0.717, 1.165) is 6.07 Å². The molecule has 1 aromatic heterocycles. The molecule has 0 saturated heterocycles. The minimum absolute atomic E-state index is 0.331. The fourth-order valence-corrected chi connectivity index (χ4v) is 0.941. The second kappa shape index (κ2) is 3.83. The van der Waals surface area contributed by atoms with E-state index in [9.17, 15) is 13.2 Å². The second-order valence-corrected chi connectivity index (χ2v) is 2.66. The van der Waals surface area contributed by atoms with Crippen molar-refractivity contribution in [1.82, 2.24) is 0 Å². The third-order valence-corrected chi connectivity index (χ3v) is 1.57. The molecule has 2 N–H and O–H groups in total. The molecule has 0 saturated carbocycles. The summed E-state index contributed by atoms with van der Waals surface area (Å²) < 4.78 is 40.6. The van der Waals surface area contributed by atoms with Gasteiger partial charge in [0.15, 0.2) is 0 Å². The molecule has 0 spiro atoms. The molecule has 0 unspecified atom stereocenters. The van der Waals surface area contributed by atoms with Gasteiger partial charge in [-0.1, -0.05) is 0 Å². The van der Waals surface area contributed by atoms with E-state index in [4.69, 9.17) is 5.73 Å². The average molecular weight is 193 g/mol. The molecule has 1 aromatic rings. The first-order valence-corrected chi connectivity index (χ1v) is 3.90. The third kappa shape index (κ3) is 2.77. The molecule has 0 radical (unpaired) electrons. The molecule has 0 fully saturated rings. The largest absolute Gasteiger partial charge is 0.457 e. The maximum absolute atomic E-state index is 12.0. The highest BCUT2D eigenvalue weighted by Crippen LogP contribution is 2.30. The number of hydrogen-bond acceptors (Lipinski definition) is 2. The van der Waals surface area contributed by atoms with Crippen LogP contribution in [0.25, 0.3) is 0 Å². The van der Waals surface area contributed by atoms with Crippen molar-refractivity contribution >= 4 is 0 Å². The van der Waals surface area contributed by atoms with Gasteiger partial charge in [0.05, 0.1) is 0 Å². The lowest BCUT2D eigenvalue weighted by molar-refractivity contribution is -0.153. The minimum atomic E-state index is -4.39. The zero-order valence-electron chi connectivity index (χ0n) is 6.90. The number of hydrogen-bond donors (Lipinski definition) is 1. The van der Waals surface area contributed by atoms with Crippen molar-refractivity contribution in [3.8, 4) is 0 Å². The molecule has 0 bridgehead atoms. The maximum atomic E-state index is 12.0. The molecule has 13 heavy (non-hydrogen) atoms. The minimum Gasteiger partial charge on any atom is -0.457 e. The van der Waals surface area contributed by atoms with Crippen LogP contribution in [0.2, 0.25) is 0 Å². The number of nitrogens with two attached hydrogens (primary N) is 1. The highest BCUT2D eigenvalue weighted by molar-refractivity contribution is 5.09. The van der Waals surface area contributed by atoms with Gasteiger partial charge < -0.3 is 10.2 Å². The van der Waals surface area contributed by atoms with Crippen molar-refractivity contribution in [2.24, 2.45) is 5.73 Å². The van der Waals surface area contributed by atoms with Crippen LogP contribution in [-0.2, 0) is 12.6 Å². The van der Waals surface area contributed by atoms with Crippen LogP contribution in [0, 0.1) is 0 Å². The Morgan fingerprint density at radius 2 is 2.00 bits per heavy atom. The van der Waals surface area contributed by atoms with Crippen molar-refractivity contribution < 1.29 is 17.6 Å². The van der Waals surface area contributed by atoms with E-state index in [1.54, 1.807) is 0 Å². The molecular weight excluding hydrogens is 183 g/mol. The first-order valence-electron chi connectivity index (χ1n) is 3.90. The van der Waals surface area contributed by atoms with Gasteiger partial charge in [0.2, 0.25) is 5.76 Å². The van der Waals surface area contributed by atoms with Crippen LogP contribution in [-0.4, -0.2) is 6.54 Å². The Balaban J connectivity index is 2.64. The van der Waals surface area contributed by atoms with Crippen molar-refractivity contribution in [2.45, 2.75) is 19.0 Å². The summed E-state index contributed by atoms with van der Waals surface area (Å²) in [6, 6.07) is 2.27. The number of alkyl halides is 3. The molecule has 0 aliphatic rings. The van der Waals surface area contributed by atoms with E-state index in [1.165, 1.54) is 6.07 Å². The molecule has 74 valence electrons. The van der Waals surface area contributed by atoms with Gasteiger partial charge in [-0.2, -0.15) is 13.2 Å². The van der Waals surface area contributed by atoms with Gasteiger partial charge in [-0.25, -0.2) is 0 Å². The van der Waals surface area contributed by atoms with Gasteiger partial charge in [0, 0.05) is 6.42 Å². The molecular formula is C8H10F3NO. The predicted molar refractivity (Wildman–Crippen MR) is 41.1 cm³/mol. The van der Waals surface area contributed by atoms with Crippen molar-refractivity contribution in [3.63, 3.8) is 0 Å². The Morgan fingerprint density at radius 1 is 1.31 bits per heavy atom. The summed E-state index contributed by atoms with van der Waals surface area (Å²) >= 11 is 0. The van der Waals surface area contributed by atoms with Crippen molar-refractivity contribution in [1.29, 1.82) is 0 Å². The van der Waals surface area contributed by atoms with Crippen LogP contribution in [0.4, 0.5) is 13.2 Å². The smallest absolute Gasteiger partial charge is 0.449 e. The molecule has 0 aliphatic heterocycles. The molecule has 0 aromatic carbocycles. The van der Waals surface area contributed by atoms with Crippen LogP contribution < -0.4 is 5.73 Å². The summed E-state index contributed by atoms with van der Waals surface area (Å²) in [6.45, 7) is 0.446. The second-order valence-electron chi connectivity index (χ2n) is 2.66. The van der Waals surface area contributed by atoms with Crippen LogP contribution in [0.3, 0.4) is 0 Å². The van der Waals surface area contributed by atoms with E-state index < -0.39 is 11.9 Å². The lowest BCUT2D eigenvalue weighted by Gasteiger charge is -2.00. The highest BCUT2D eigenvalue weighted by Gasteiger charge is 2.34. The van der Waals surface area contributed by atoms with Gasteiger partial charge in [-0.3, -0.25) is 0 Å². The van der Waals surface area contributed by atoms with Crippen molar-refractivity contribution in [3.05, 3.63) is 23.7 Å². The number of aryl methyl sites for hydroxylation is 1. The van der Waals surface area contributed by atoms with Gasteiger partial charge in [0.1, 0.15) is 5.76 Å². The summed E-state index contributed by atoms with van der Waals surface area (Å²) in [5.74, 6) is -0.614. The quantitative estimate of drug-likeness (QED) is 0.799. The lowest BCUT2D eigenvalue weighted by atomic mass is 10.2. The zero-order valence-corrected chi connectivity index (χ0v) is 6.90. The normalized spacial score (nSPS) is 12.0. The predicted octanol–water partition coefficient (Wildman–Crippen LogP) is 2.19. The molecule has 5 heteroatoms. The summed E-state index contributed by atoms with van der Waals surface area (Å²) in [7, 11) is 0. The highest BCUT2D eigenvalue weighted by atomic mass is 19.4. The number of halogens is 3. The van der Waals surface area contributed by atoms with E-state index in [0.29, 0.717) is 25.1 Å². The Bertz CT molecular complexity index is 267. The van der Waals surface area contributed by atoms with Crippen LogP contribution in [0.1, 0.15) is 17.9 Å². The lowest BCUT2D eigenvalue weighted by Crippen LogP contribution is -2.02. The first kappa shape index (κ1) is 10.1. The standard InChI is InChI=1S/C8H10F3NO/c9-8(10,11)7-4-3-6(13-7)2-1-5-12/h3-4H,1-2,5,12H2. The van der Waals surface area contributed by atoms with Gasteiger partial charge >= 0.3 is 6.18 Å². The SMILES string of the molecule is NCCCc1ccc(C(F)(F)F)o1. The van der Waals surface area contributed by atoms with E-state index in [1.807, 2.05) is 0 Å². The topological polar surface area (TPSA) is 39.2 Å². The van der Waals surface area contributed by atoms with E-state index in [-0.39, 0.29) is 0 Å². The Labute approximate surface area is 73.5 Å². The fourth-order valence-electron chi connectivity index (χ4n) is 0.941. The molecule has 0 amide bonds. The fraction of sp³-hybridized carbons (Fsp3) is 0.500. The summed E-state index contributed by atoms with van der Waals surface area (Å²) in [6.07, 6.45) is -3.31. The van der Waals surface area contributed by atoms with Gasteiger partial charge in [-0.05, 0) is 25.1 Å². The van der Waals surface area contributed by atoms with E-state index >= 15 is 0 Å². The van der Waals surface area contributed by atoms with Crippen LogP contribution >= 0.6 is 0 Å². The monoisotopic (exact) mass is 193 g/mol. The van der Waals surface area contributed by atoms with Crippen LogP contribution in [0.15, 0.2) is 16.5 Å². The summed E-state index contributed by atoms with van der Waals surface area (Å²) in [5, 5.41) is 0.